The quantitative estimate of drug-likeness (QED) is 0.942. The SMILES string of the molecule is O=C(NCc1ccc(Cl)cc1F)C1COc2ccccc2C1. The van der Waals surface area contributed by atoms with Gasteiger partial charge in [-0.2, -0.15) is 0 Å². The van der Waals surface area contributed by atoms with Crippen molar-refractivity contribution < 1.29 is 13.9 Å². The third-order valence-electron chi connectivity index (χ3n) is 3.72. The normalized spacial score (nSPS) is 16.5. The van der Waals surface area contributed by atoms with Crippen LogP contribution in [0.25, 0.3) is 0 Å². The number of benzene rings is 2. The molecule has 3 rings (SSSR count). The highest BCUT2D eigenvalue weighted by Crippen LogP contribution is 2.26. The van der Waals surface area contributed by atoms with Crippen molar-refractivity contribution in [3.8, 4) is 5.75 Å². The molecule has 1 N–H and O–H groups in total. The Morgan fingerprint density at radius 1 is 1.32 bits per heavy atom. The van der Waals surface area contributed by atoms with Crippen LogP contribution in [0.2, 0.25) is 5.02 Å². The first-order valence-corrected chi connectivity index (χ1v) is 7.43. The van der Waals surface area contributed by atoms with E-state index in [4.69, 9.17) is 16.3 Å². The smallest absolute Gasteiger partial charge is 0.227 e. The summed E-state index contributed by atoms with van der Waals surface area (Å²) >= 11 is 5.71. The van der Waals surface area contributed by atoms with E-state index >= 15 is 0 Å². The zero-order valence-corrected chi connectivity index (χ0v) is 12.6. The van der Waals surface area contributed by atoms with E-state index in [9.17, 15) is 9.18 Å². The van der Waals surface area contributed by atoms with Gasteiger partial charge < -0.3 is 10.1 Å². The van der Waals surface area contributed by atoms with Crippen LogP contribution >= 0.6 is 11.6 Å². The number of rotatable bonds is 3. The average molecular weight is 320 g/mol. The second kappa shape index (κ2) is 6.36. The minimum Gasteiger partial charge on any atom is -0.492 e. The Labute approximate surface area is 133 Å². The summed E-state index contributed by atoms with van der Waals surface area (Å²) in [6, 6.07) is 12.1. The van der Waals surface area contributed by atoms with Crippen LogP contribution in [0, 0.1) is 11.7 Å². The third-order valence-corrected chi connectivity index (χ3v) is 3.95. The number of fused-ring (bicyclic) bond motifs is 1. The third kappa shape index (κ3) is 3.22. The van der Waals surface area contributed by atoms with E-state index in [0.717, 1.165) is 11.3 Å². The Kier molecular flexibility index (Phi) is 4.29. The molecule has 1 aliphatic heterocycles. The van der Waals surface area contributed by atoms with Gasteiger partial charge in [0.1, 0.15) is 18.2 Å². The van der Waals surface area contributed by atoms with E-state index in [2.05, 4.69) is 5.32 Å². The van der Waals surface area contributed by atoms with Gasteiger partial charge >= 0.3 is 0 Å². The lowest BCUT2D eigenvalue weighted by Crippen LogP contribution is -2.37. The molecular weight excluding hydrogens is 305 g/mol. The molecule has 2 aromatic carbocycles. The van der Waals surface area contributed by atoms with E-state index in [-0.39, 0.29) is 18.4 Å². The molecule has 0 bridgehead atoms. The van der Waals surface area contributed by atoms with E-state index in [0.29, 0.717) is 23.6 Å². The number of para-hydroxylation sites is 1. The summed E-state index contributed by atoms with van der Waals surface area (Å²) in [5.41, 5.74) is 1.43. The number of carbonyl (C=O) groups is 1. The minimum absolute atomic E-state index is 0.135. The first-order valence-electron chi connectivity index (χ1n) is 7.06. The predicted molar refractivity (Wildman–Crippen MR) is 82.4 cm³/mol. The van der Waals surface area contributed by atoms with Gasteiger partial charge in [0.25, 0.3) is 0 Å². The summed E-state index contributed by atoms with van der Waals surface area (Å²) in [6.45, 7) is 0.478. The maximum Gasteiger partial charge on any atom is 0.227 e. The van der Waals surface area contributed by atoms with Crippen molar-refractivity contribution in [2.45, 2.75) is 13.0 Å². The molecular formula is C17H15ClFNO2. The number of carbonyl (C=O) groups excluding carboxylic acids is 1. The zero-order chi connectivity index (χ0) is 15.5. The van der Waals surface area contributed by atoms with Gasteiger partial charge in [-0.3, -0.25) is 4.79 Å². The van der Waals surface area contributed by atoms with Crippen LogP contribution in [0.1, 0.15) is 11.1 Å². The zero-order valence-electron chi connectivity index (χ0n) is 11.8. The molecule has 2 aromatic rings. The van der Waals surface area contributed by atoms with Gasteiger partial charge in [0.05, 0.1) is 5.92 Å². The topological polar surface area (TPSA) is 38.3 Å². The molecule has 0 aliphatic carbocycles. The number of hydrogen-bond acceptors (Lipinski definition) is 2. The molecule has 0 saturated carbocycles. The molecule has 1 amide bonds. The summed E-state index contributed by atoms with van der Waals surface area (Å²) in [6.07, 6.45) is 0.630. The van der Waals surface area contributed by atoms with Crippen molar-refractivity contribution in [1.82, 2.24) is 5.32 Å². The van der Waals surface area contributed by atoms with Gasteiger partial charge in [-0.15, -0.1) is 0 Å². The van der Waals surface area contributed by atoms with Crippen molar-refractivity contribution in [3.05, 3.63) is 64.4 Å². The van der Waals surface area contributed by atoms with Gasteiger partial charge in [-0.1, -0.05) is 35.9 Å². The second-order valence-corrected chi connectivity index (χ2v) is 5.71. The fraction of sp³-hybridized carbons (Fsp3) is 0.235. The van der Waals surface area contributed by atoms with E-state index in [1.807, 2.05) is 24.3 Å². The van der Waals surface area contributed by atoms with Gasteiger partial charge in [-0.05, 0) is 30.2 Å². The van der Waals surface area contributed by atoms with E-state index in [1.165, 1.54) is 6.07 Å². The lowest BCUT2D eigenvalue weighted by atomic mass is 9.96. The molecule has 3 nitrogen and oxygen atoms in total. The van der Waals surface area contributed by atoms with Crippen LogP contribution in [0.3, 0.4) is 0 Å². The van der Waals surface area contributed by atoms with E-state index < -0.39 is 5.82 Å². The monoisotopic (exact) mass is 319 g/mol. The Balaban J connectivity index is 1.61. The summed E-state index contributed by atoms with van der Waals surface area (Å²) in [4.78, 5) is 12.2. The molecule has 0 aromatic heterocycles. The van der Waals surface area contributed by atoms with Crippen molar-refractivity contribution in [2.75, 3.05) is 6.61 Å². The van der Waals surface area contributed by atoms with Crippen LogP contribution in [0.15, 0.2) is 42.5 Å². The molecule has 0 saturated heterocycles. The molecule has 1 aliphatic rings. The molecule has 1 atom stereocenters. The molecule has 0 radical (unpaired) electrons. The lowest BCUT2D eigenvalue weighted by Gasteiger charge is -2.24. The largest absolute Gasteiger partial charge is 0.492 e. The molecule has 0 fully saturated rings. The van der Waals surface area contributed by atoms with E-state index in [1.54, 1.807) is 12.1 Å². The maximum atomic E-state index is 13.7. The number of ether oxygens (including phenoxy) is 1. The van der Waals surface area contributed by atoms with Crippen LogP contribution < -0.4 is 10.1 Å². The standard InChI is InChI=1S/C17H15ClFNO2/c18-14-6-5-12(15(19)8-14)9-20-17(21)13-7-11-3-1-2-4-16(11)22-10-13/h1-6,8,13H,7,9-10H2,(H,20,21). The summed E-state index contributed by atoms with van der Waals surface area (Å²) in [5.74, 6) is 0.0162. The first-order chi connectivity index (χ1) is 10.6. The molecule has 5 heteroatoms. The summed E-state index contributed by atoms with van der Waals surface area (Å²) < 4.78 is 19.3. The molecule has 1 unspecified atom stereocenters. The molecule has 1 heterocycles. The van der Waals surface area contributed by atoms with Gasteiger partial charge in [0.15, 0.2) is 0 Å². The van der Waals surface area contributed by atoms with Crippen molar-refractivity contribution in [3.63, 3.8) is 0 Å². The Hall–Kier alpha value is -2.07. The Morgan fingerprint density at radius 2 is 2.14 bits per heavy atom. The maximum absolute atomic E-state index is 13.7. The van der Waals surface area contributed by atoms with Gasteiger partial charge in [0.2, 0.25) is 5.91 Å². The highest BCUT2D eigenvalue weighted by Gasteiger charge is 2.25. The summed E-state index contributed by atoms with van der Waals surface area (Å²) in [7, 11) is 0. The highest BCUT2D eigenvalue weighted by molar-refractivity contribution is 6.30. The lowest BCUT2D eigenvalue weighted by molar-refractivity contribution is -0.126. The van der Waals surface area contributed by atoms with Gasteiger partial charge in [-0.25, -0.2) is 4.39 Å². The number of halogens is 2. The Morgan fingerprint density at radius 3 is 2.95 bits per heavy atom. The second-order valence-electron chi connectivity index (χ2n) is 5.27. The molecule has 22 heavy (non-hydrogen) atoms. The highest BCUT2D eigenvalue weighted by atomic mass is 35.5. The number of amides is 1. The Bertz CT molecular complexity index is 705. The number of nitrogens with one attached hydrogen (secondary N) is 1. The van der Waals surface area contributed by atoms with Crippen LogP contribution in [-0.2, 0) is 17.8 Å². The van der Waals surface area contributed by atoms with Crippen LogP contribution in [0.5, 0.6) is 5.75 Å². The fourth-order valence-corrected chi connectivity index (χ4v) is 2.65. The minimum atomic E-state index is -0.418. The summed E-state index contributed by atoms with van der Waals surface area (Å²) in [5, 5.41) is 3.10. The van der Waals surface area contributed by atoms with Gasteiger partial charge in [0, 0.05) is 17.1 Å². The molecule has 114 valence electrons. The van der Waals surface area contributed by atoms with Crippen LogP contribution in [0.4, 0.5) is 4.39 Å². The predicted octanol–water partition coefficient (Wildman–Crippen LogP) is 3.35. The fourth-order valence-electron chi connectivity index (χ4n) is 2.49. The molecule has 0 spiro atoms. The number of hydrogen-bond donors (Lipinski definition) is 1. The van der Waals surface area contributed by atoms with Crippen molar-refractivity contribution >= 4 is 17.5 Å². The average Bonchev–Trinajstić information content (AvgIpc) is 2.53. The van der Waals surface area contributed by atoms with Crippen LogP contribution in [-0.4, -0.2) is 12.5 Å². The van der Waals surface area contributed by atoms with Crippen molar-refractivity contribution in [2.24, 2.45) is 5.92 Å². The van der Waals surface area contributed by atoms with Crippen molar-refractivity contribution in [1.29, 1.82) is 0 Å². The first kappa shape index (κ1) is 14.9.